The van der Waals surface area contributed by atoms with E-state index in [1.165, 1.54) is 7.11 Å². The van der Waals surface area contributed by atoms with Gasteiger partial charge in [0.2, 0.25) is 5.91 Å². The normalized spacial score (nSPS) is 18.7. The second kappa shape index (κ2) is 6.55. The third-order valence-corrected chi connectivity index (χ3v) is 3.86. The topological polar surface area (TPSA) is 46.6 Å². The molecule has 1 aliphatic heterocycles. The Morgan fingerprint density at radius 2 is 2.20 bits per heavy atom. The van der Waals surface area contributed by atoms with E-state index < -0.39 is 0 Å². The number of benzene rings is 1. The number of hydrogen-bond donors (Lipinski definition) is 0. The third-order valence-electron chi connectivity index (χ3n) is 3.86. The Hall–Kier alpha value is -1.84. The molecule has 1 amide bonds. The molecule has 0 radical (unpaired) electrons. The van der Waals surface area contributed by atoms with Crippen molar-refractivity contribution < 1.29 is 14.3 Å². The van der Waals surface area contributed by atoms with Gasteiger partial charge in [0.1, 0.15) is 0 Å². The quantitative estimate of drug-likeness (QED) is 0.797. The largest absolute Gasteiger partial charge is 0.465 e. The highest BCUT2D eigenvalue weighted by molar-refractivity contribution is 5.89. The molecule has 4 heteroatoms. The van der Waals surface area contributed by atoms with Gasteiger partial charge in [-0.15, -0.1) is 0 Å². The molecule has 108 valence electrons. The fourth-order valence-electron chi connectivity index (χ4n) is 2.74. The summed E-state index contributed by atoms with van der Waals surface area (Å²) in [4.78, 5) is 25.3. The van der Waals surface area contributed by atoms with E-state index >= 15 is 0 Å². The number of carbonyl (C=O) groups excluding carboxylic acids is 2. The minimum absolute atomic E-state index is 0.207. The van der Waals surface area contributed by atoms with Crippen LogP contribution >= 0.6 is 0 Å². The second-order valence-corrected chi connectivity index (χ2v) is 5.15. The summed E-state index contributed by atoms with van der Waals surface area (Å²) in [5.74, 6) is 0.201. The van der Waals surface area contributed by atoms with Crippen molar-refractivity contribution in [2.45, 2.75) is 32.1 Å². The van der Waals surface area contributed by atoms with E-state index in [1.807, 2.05) is 30.0 Å². The van der Waals surface area contributed by atoms with E-state index in [-0.39, 0.29) is 11.9 Å². The average Bonchev–Trinajstić information content (AvgIpc) is 2.53. The molecular weight excluding hydrogens is 254 g/mol. The number of nitrogens with zero attached hydrogens (tertiary/aromatic N) is 1. The van der Waals surface area contributed by atoms with Gasteiger partial charge >= 0.3 is 5.97 Å². The molecule has 0 saturated carbocycles. The molecule has 1 heterocycles. The standard InChI is InChI=1S/C16H21NO3/c1-3-15(18)17-9-5-8-14(11-17)12-6-4-7-13(10-12)16(19)20-2/h4,6-7,10,14H,3,5,8-9,11H2,1-2H3/t14-/m0/s1. The van der Waals surface area contributed by atoms with E-state index in [2.05, 4.69) is 0 Å². The van der Waals surface area contributed by atoms with Crippen LogP contribution in [-0.2, 0) is 9.53 Å². The predicted molar refractivity (Wildman–Crippen MR) is 76.6 cm³/mol. The van der Waals surface area contributed by atoms with Crippen molar-refractivity contribution in [3.63, 3.8) is 0 Å². The monoisotopic (exact) mass is 275 g/mol. The Labute approximate surface area is 119 Å². The zero-order valence-electron chi connectivity index (χ0n) is 12.1. The maximum Gasteiger partial charge on any atom is 0.337 e. The minimum atomic E-state index is -0.316. The van der Waals surface area contributed by atoms with Crippen LogP contribution < -0.4 is 0 Å². The van der Waals surface area contributed by atoms with Gasteiger partial charge in [-0.25, -0.2) is 4.79 Å². The summed E-state index contributed by atoms with van der Waals surface area (Å²) in [7, 11) is 1.39. The summed E-state index contributed by atoms with van der Waals surface area (Å²) in [6.07, 6.45) is 2.62. The van der Waals surface area contributed by atoms with Crippen LogP contribution in [0, 0.1) is 0 Å². The van der Waals surface area contributed by atoms with Crippen LogP contribution in [0.4, 0.5) is 0 Å². The zero-order chi connectivity index (χ0) is 14.5. The number of esters is 1. The lowest BCUT2D eigenvalue weighted by atomic mass is 9.89. The van der Waals surface area contributed by atoms with E-state index in [1.54, 1.807) is 6.07 Å². The molecular formula is C16H21NO3. The first-order valence-corrected chi connectivity index (χ1v) is 7.11. The van der Waals surface area contributed by atoms with Crippen molar-refractivity contribution in [2.75, 3.05) is 20.2 Å². The number of rotatable bonds is 3. The van der Waals surface area contributed by atoms with Crippen molar-refractivity contribution in [3.8, 4) is 0 Å². The highest BCUT2D eigenvalue weighted by Gasteiger charge is 2.24. The van der Waals surface area contributed by atoms with Gasteiger partial charge in [-0.1, -0.05) is 19.1 Å². The molecule has 0 bridgehead atoms. The smallest absolute Gasteiger partial charge is 0.337 e. The van der Waals surface area contributed by atoms with Gasteiger partial charge in [0.15, 0.2) is 0 Å². The van der Waals surface area contributed by atoms with E-state index in [0.717, 1.165) is 31.5 Å². The number of amides is 1. The SMILES string of the molecule is CCC(=O)N1CCC[C@H](c2cccc(C(=O)OC)c2)C1. The van der Waals surface area contributed by atoms with Gasteiger partial charge in [0.25, 0.3) is 0 Å². The lowest BCUT2D eigenvalue weighted by Crippen LogP contribution is -2.38. The molecule has 1 aromatic rings. The highest BCUT2D eigenvalue weighted by atomic mass is 16.5. The summed E-state index contributed by atoms with van der Waals surface area (Å²) in [5.41, 5.74) is 1.69. The molecule has 1 saturated heterocycles. The van der Waals surface area contributed by atoms with Crippen molar-refractivity contribution in [1.82, 2.24) is 4.90 Å². The van der Waals surface area contributed by atoms with E-state index in [0.29, 0.717) is 17.9 Å². The van der Waals surface area contributed by atoms with Crippen molar-refractivity contribution in [3.05, 3.63) is 35.4 Å². The molecule has 0 aromatic heterocycles. The summed E-state index contributed by atoms with van der Waals surface area (Å²) in [6, 6.07) is 7.54. The maximum absolute atomic E-state index is 11.8. The fourth-order valence-corrected chi connectivity index (χ4v) is 2.74. The van der Waals surface area contributed by atoms with Gasteiger partial charge < -0.3 is 9.64 Å². The number of ether oxygens (including phenoxy) is 1. The molecule has 2 rings (SSSR count). The minimum Gasteiger partial charge on any atom is -0.465 e. The summed E-state index contributed by atoms with van der Waals surface area (Å²) in [5, 5.41) is 0. The molecule has 1 fully saturated rings. The molecule has 4 nitrogen and oxygen atoms in total. The fraction of sp³-hybridized carbons (Fsp3) is 0.500. The van der Waals surface area contributed by atoms with Crippen LogP contribution in [0.5, 0.6) is 0 Å². The molecule has 0 spiro atoms. The second-order valence-electron chi connectivity index (χ2n) is 5.15. The number of hydrogen-bond acceptors (Lipinski definition) is 3. The van der Waals surface area contributed by atoms with Crippen LogP contribution in [0.2, 0.25) is 0 Å². The highest BCUT2D eigenvalue weighted by Crippen LogP contribution is 2.27. The van der Waals surface area contributed by atoms with Crippen molar-refractivity contribution in [2.24, 2.45) is 0 Å². The van der Waals surface area contributed by atoms with Crippen LogP contribution in [0.15, 0.2) is 24.3 Å². The number of likely N-dealkylation sites (tertiary alicyclic amines) is 1. The van der Waals surface area contributed by atoms with Crippen molar-refractivity contribution >= 4 is 11.9 Å². The summed E-state index contributed by atoms with van der Waals surface area (Å²) < 4.78 is 4.75. The zero-order valence-corrected chi connectivity index (χ0v) is 12.1. The maximum atomic E-state index is 11.8. The summed E-state index contributed by atoms with van der Waals surface area (Å²) in [6.45, 7) is 3.49. The molecule has 1 aliphatic rings. The molecule has 0 unspecified atom stereocenters. The molecule has 0 aliphatic carbocycles. The van der Waals surface area contributed by atoms with Gasteiger partial charge in [0, 0.05) is 25.4 Å². The molecule has 20 heavy (non-hydrogen) atoms. The summed E-state index contributed by atoms with van der Waals surface area (Å²) >= 11 is 0. The molecule has 0 N–H and O–H groups in total. The van der Waals surface area contributed by atoms with Gasteiger partial charge in [-0.2, -0.15) is 0 Å². The predicted octanol–water partition coefficient (Wildman–Crippen LogP) is 2.59. The third kappa shape index (κ3) is 3.18. The Kier molecular flexibility index (Phi) is 4.77. The van der Waals surface area contributed by atoms with Gasteiger partial charge in [-0.05, 0) is 30.5 Å². The number of methoxy groups -OCH3 is 1. The molecule has 1 atom stereocenters. The Bertz CT molecular complexity index is 498. The van der Waals surface area contributed by atoms with Crippen LogP contribution in [0.1, 0.15) is 48.0 Å². The van der Waals surface area contributed by atoms with E-state index in [9.17, 15) is 9.59 Å². The van der Waals surface area contributed by atoms with Crippen LogP contribution in [0.25, 0.3) is 0 Å². The Balaban J connectivity index is 2.14. The number of piperidine rings is 1. The van der Waals surface area contributed by atoms with Gasteiger partial charge in [-0.3, -0.25) is 4.79 Å². The average molecular weight is 275 g/mol. The Morgan fingerprint density at radius 3 is 2.90 bits per heavy atom. The first-order valence-electron chi connectivity index (χ1n) is 7.11. The molecule has 1 aromatic carbocycles. The van der Waals surface area contributed by atoms with Crippen LogP contribution in [0.3, 0.4) is 0 Å². The first kappa shape index (κ1) is 14.6. The van der Waals surface area contributed by atoms with Gasteiger partial charge in [0.05, 0.1) is 12.7 Å². The van der Waals surface area contributed by atoms with Crippen molar-refractivity contribution in [1.29, 1.82) is 0 Å². The van der Waals surface area contributed by atoms with E-state index in [4.69, 9.17) is 4.74 Å². The lowest BCUT2D eigenvalue weighted by molar-refractivity contribution is -0.132. The van der Waals surface area contributed by atoms with Crippen LogP contribution in [-0.4, -0.2) is 37.0 Å². The lowest BCUT2D eigenvalue weighted by Gasteiger charge is -2.33. The Morgan fingerprint density at radius 1 is 1.40 bits per heavy atom. The first-order chi connectivity index (χ1) is 9.65. The number of carbonyl (C=O) groups is 2.